The van der Waals surface area contributed by atoms with Crippen LogP contribution in [0.3, 0.4) is 0 Å². The van der Waals surface area contributed by atoms with Crippen LogP contribution in [0.5, 0.6) is 0 Å². The van der Waals surface area contributed by atoms with Gasteiger partial charge < -0.3 is 20.9 Å². The number of urea groups is 1. The van der Waals surface area contributed by atoms with Gasteiger partial charge in [-0.3, -0.25) is 9.59 Å². The van der Waals surface area contributed by atoms with Gasteiger partial charge in [0.2, 0.25) is 11.8 Å². The number of likely N-dealkylation sites (tertiary alicyclic amines) is 1. The fraction of sp³-hybridized carbons (Fsp3) is 0.550. The summed E-state index contributed by atoms with van der Waals surface area (Å²) in [4.78, 5) is 38.2. The van der Waals surface area contributed by atoms with Gasteiger partial charge in [0.1, 0.15) is 6.04 Å². The summed E-state index contributed by atoms with van der Waals surface area (Å²) in [7, 11) is 0. The Morgan fingerprint density at radius 1 is 1.00 bits per heavy atom. The van der Waals surface area contributed by atoms with Crippen molar-refractivity contribution in [2.75, 3.05) is 13.1 Å². The summed E-state index contributed by atoms with van der Waals surface area (Å²) in [6.45, 7) is 1.05. The van der Waals surface area contributed by atoms with Crippen LogP contribution >= 0.6 is 0 Å². The van der Waals surface area contributed by atoms with Crippen molar-refractivity contribution in [3.05, 3.63) is 35.9 Å². The summed E-state index contributed by atoms with van der Waals surface area (Å²) in [5.41, 5.74) is 1.07. The van der Waals surface area contributed by atoms with Crippen LogP contribution < -0.4 is 16.0 Å². The molecule has 0 bridgehead atoms. The van der Waals surface area contributed by atoms with E-state index in [4.69, 9.17) is 0 Å². The molecule has 1 aliphatic heterocycles. The van der Waals surface area contributed by atoms with Crippen LogP contribution in [0, 0.1) is 0 Å². The van der Waals surface area contributed by atoms with Gasteiger partial charge in [-0.2, -0.15) is 0 Å². The number of carbonyl (C=O) groups is 3. The van der Waals surface area contributed by atoms with E-state index in [0.29, 0.717) is 19.5 Å². The maximum atomic E-state index is 12.5. The Morgan fingerprint density at radius 3 is 2.48 bits per heavy atom. The second kappa shape index (κ2) is 9.39. The minimum Gasteiger partial charge on any atom is -0.343 e. The topological polar surface area (TPSA) is 90.5 Å². The molecule has 3 N–H and O–H groups in total. The zero-order chi connectivity index (χ0) is 19.1. The highest BCUT2D eigenvalue weighted by Crippen LogP contribution is 2.17. The van der Waals surface area contributed by atoms with Gasteiger partial charge in [0, 0.05) is 19.1 Å². The maximum Gasteiger partial charge on any atom is 0.315 e. The first-order valence-electron chi connectivity index (χ1n) is 9.78. The van der Waals surface area contributed by atoms with Gasteiger partial charge in [-0.15, -0.1) is 0 Å². The van der Waals surface area contributed by atoms with Crippen molar-refractivity contribution in [2.24, 2.45) is 0 Å². The summed E-state index contributed by atoms with van der Waals surface area (Å²) in [5, 5.41) is 8.22. The zero-order valence-corrected chi connectivity index (χ0v) is 15.6. The highest BCUT2D eigenvalue weighted by molar-refractivity contribution is 5.91. The largest absolute Gasteiger partial charge is 0.343 e. The molecule has 4 amide bonds. The van der Waals surface area contributed by atoms with Crippen LogP contribution in [0.1, 0.15) is 44.1 Å². The van der Waals surface area contributed by atoms with Gasteiger partial charge in [-0.1, -0.05) is 49.6 Å². The predicted octanol–water partition coefficient (Wildman–Crippen LogP) is 1.54. The van der Waals surface area contributed by atoms with Crippen molar-refractivity contribution >= 4 is 17.8 Å². The van der Waals surface area contributed by atoms with E-state index in [1.165, 1.54) is 6.42 Å². The standard InChI is InChI=1S/C20H28N4O3/c25-18(13-21-20(27)22-16-9-5-2-6-10-16)23-17-11-12-24(19(17)26)14-15-7-3-1-4-8-15/h1,3-4,7-8,16-17H,2,5-6,9-14H2,(H,23,25)(H2,21,22,27)/t17-/m0/s1. The monoisotopic (exact) mass is 372 g/mol. The van der Waals surface area contributed by atoms with E-state index in [2.05, 4.69) is 16.0 Å². The lowest BCUT2D eigenvalue weighted by molar-refractivity contribution is -0.132. The van der Waals surface area contributed by atoms with Gasteiger partial charge in [0.05, 0.1) is 6.54 Å². The van der Waals surface area contributed by atoms with Gasteiger partial charge in [0.15, 0.2) is 0 Å². The van der Waals surface area contributed by atoms with E-state index in [0.717, 1.165) is 31.2 Å². The Morgan fingerprint density at radius 2 is 1.74 bits per heavy atom. The summed E-state index contributed by atoms with van der Waals surface area (Å²) in [6.07, 6.45) is 6.06. The average Bonchev–Trinajstić information content (AvgIpc) is 3.01. The molecule has 0 spiro atoms. The molecule has 1 heterocycles. The molecule has 3 rings (SSSR count). The van der Waals surface area contributed by atoms with E-state index < -0.39 is 6.04 Å². The number of nitrogens with one attached hydrogen (secondary N) is 3. The predicted molar refractivity (Wildman–Crippen MR) is 102 cm³/mol. The number of hydrogen-bond donors (Lipinski definition) is 3. The molecule has 1 aliphatic carbocycles. The Hall–Kier alpha value is -2.57. The molecule has 27 heavy (non-hydrogen) atoms. The SMILES string of the molecule is O=C(CNC(=O)NC1CCCCC1)N[C@H]1CCN(Cc2ccccc2)C1=O. The smallest absolute Gasteiger partial charge is 0.315 e. The second-order valence-electron chi connectivity index (χ2n) is 7.32. The molecule has 1 aromatic rings. The number of benzene rings is 1. The molecule has 0 radical (unpaired) electrons. The molecular formula is C20H28N4O3. The highest BCUT2D eigenvalue weighted by Gasteiger charge is 2.32. The zero-order valence-electron chi connectivity index (χ0n) is 15.6. The number of carbonyl (C=O) groups excluding carboxylic acids is 3. The van der Waals surface area contributed by atoms with Crippen LogP contribution in [0.2, 0.25) is 0 Å². The van der Waals surface area contributed by atoms with Gasteiger partial charge >= 0.3 is 6.03 Å². The second-order valence-corrected chi connectivity index (χ2v) is 7.32. The van der Waals surface area contributed by atoms with E-state index in [9.17, 15) is 14.4 Å². The summed E-state index contributed by atoms with van der Waals surface area (Å²) in [5.74, 6) is -0.410. The number of nitrogens with zero attached hydrogens (tertiary/aromatic N) is 1. The fourth-order valence-corrected chi connectivity index (χ4v) is 3.72. The molecule has 0 aromatic heterocycles. The number of rotatable bonds is 6. The lowest BCUT2D eigenvalue weighted by atomic mass is 9.96. The Labute approximate surface area is 159 Å². The summed E-state index contributed by atoms with van der Waals surface area (Å²) < 4.78 is 0. The summed E-state index contributed by atoms with van der Waals surface area (Å²) in [6, 6.07) is 9.16. The normalized spacial score (nSPS) is 20.4. The van der Waals surface area contributed by atoms with E-state index in [-0.39, 0.29) is 30.4 Å². The third kappa shape index (κ3) is 5.70. The minimum absolute atomic E-state index is 0.0705. The molecule has 0 unspecified atom stereocenters. The first-order chi connectivity index (χ1) is 13.1. The van der Waals surface area contributed by atoms with Crippen molar-refractivity contribution in [3.8, 4) is 0 Å². The first-order valence-corrected chi connectivity index (χ1v) is 9.78. The van der Waals surface area contributed by atoms with Crippen molar-refractivity contribution in [2.45, 2.75) is 57.2 Å². The molecule has 146 valence electrons. The number of amides is 4. The molecule has 2 aliphatic rings. The Bertz CT molecular complexity index is 658. The van der Waals surface area contributed by atoms with E-state index in [1.54, 1.807) is 4.90 Å². The lowest BCUT2D eigenvalue weighted by Crippen LogP contribution is -2.49. The van der Waals surface area contributed by atoms with Gasteiger partial charge in [-0.25, -0.2) is 4.79 Å². The van der Waals surface area contributed by atoms with Crippen LogP contribution in [-0.2, 0) is 16.1 Å². The molecule has 1 atom stereocenters. The fourth-order valence-electron chi connectivity index (χ4n) is 3.72. The molecule has 1 saturated carbocycles. The minimum atomic E-state index is -0.510. The molecule has 7 heteroatoms. The van der Waals surface area contributed by atoms with Crippen LogP contribution in [0.15, 0.2) is 30.3 Å². The Balaban J connectivity index is 1.37. The van der Waals surface area contributed by atoms with Crippen molar-refractivity contribution in [1.29, 1.82) is 0 Å². The Kier molecular flexibility index (Phi) is 6.68. The van der Waals surface area contributed by atoms with Gasteiger partial charge in [0.25, 0.3) is 0 Å². The molecule has 1 aromatic carbocycles. The maximum absolute atomic E-state index is 12.5. The van der Waals surface area contributed by atoms with Crippen molar-refractivity contribution in [1.82, 2.24) is 20.9 Å². The van der Waals surface area contributed by atoms with Gasteiger partial charge in [-0.05, 0) is 24.8 Å². The third-order valence-corrected chi connectivity index (χ3v) is 5.20. The van der Waals surface area contributed by atoms with Crippen LogP contribution in [0.4, 0.5) is 4.79 Å². The first kappa shape index (κ1) is 19.2. The molecule has 2 fully saturated rings. The third-order valence-electron chi connectivity index (χ3n) is 5.20. The summed E-state index contributed by atoms with van der Waals surface area (Å²) >= 11 is 0. The highest BCUT2D eigenvalue weighted by atomic mass is 16.2. The molecule has 1 saturated heterocycles. The van der Waals surface area contributed by atoms with Crippen LogP contribution in [0.25, 0.3) is 0 Å². The van der Waals surface area contributed by atoms with Crippen molar-refractivity contribution < 1.29 is 14.4 Å². The molecular weight excluding hydrogens is 344 g/mol. The number of hydrogen-bond acceptors (Lipinski definition) is 3. The lowest BCUT2D eigenvalue weighted by Gasteiger charge is -2.22. The average molecular weight is 372 g/mol. The quantitative estimate of drug-likeness (QED) is 0.707. The van der Waals surface area contributed by atoms with E-state index in [1.807, 2.05) is 30.3 Å². The van der Waals surface area contributed by atoms with Crippen molar-refractivity contribution in [3.63, 3.8) is 0 Å². The molecule has 7 nitrogen and oxygen atoms in total. The van der Waals surface area contributed by atoms with E-state index >= 15 is 0 Å². The van der Waals surface area contributed by atoms with Crippen LogP contribution in [-0.4, -0.2) is 47.9 Å².